The minimum atomic E-state index is -0.610. The summed E-state index contributed by atoms with van der Waals surface area (Å²) >= 11 is 0. The van der Waals surface area contributed by atoms with E-state index in [4.69, 9.17) is 10.5 Å². The summed E-state index contributed by atoms with van der Waals surface area (Å²) in [5.74, 6) is -0.209. The molecule has 0 radical (unpaired) electrons. The topological polar surface area (TPSA) is 78.1 Å². The molecule has 0 spiro atoms. The van der Waals surface area contributed by atoms with Gasteiger partial charge < -0.3 is 10.5 Å². The van der Waals surface area contributed by atoms with Gasteiger partial charge in [0, 0.05) is 29.7 Å². The first-order valence-corrected chi connectivity index (χ1v) is 5.95. The summed E-state index contributed by atoms with van der Waals surface area (Å²) in [7, 11) is 0. The zero-order chi connectivity index (χ0) is 13.8. The molecule has 0 aliphatic rings. The zero-order valence-corrected chi connectivity index (χ0v) is 10.8. The standard InChI is InChI=1S/C14H15N3O2/c1-9(2)19-13-11(10-4-3-6-16-8-10)5-7-17-12(13)14(15)18/h3-9H,1-2H3,(H2,15,18). The van der Waals surface area contributed by atoms with Crippen LogP contribution in [-0.2, 0) is 0 Å². The van der Waals surface area contributed by atoms with Gasteiger partial charge in [0.05, 0.1) is 6.10 Å². The second-order valence-electron chi connectivity index (χ2n) is 4.31. The van der Waals surface area contributed by atoms with Crippen molar-refractivity contribution >= 4 is 5.91 Å². The van der Waals surface area contributed by atoms with E-state index >= 15 is 0 Å². The Morgan fingerprint density at radius 2 is 2.11 bits per heavy atom. The Morgan fingerprint density at radius 3 is 2.68 bits per heavy atom. The lowest BCUT2D eigenvalue weighted by molar-refractivity contribution is 0.0989. The predicted molar refractivity (Wildman–Crippen MR) is 71.7 cm³/mol. The van der Waals surface area contributed by atoms with Crippen molar-refractivity contribution in [1.29, 1.82) is 0 Å². The van der Waals surface area contributed by atoms with Gasteiger partial charge in [-0.15, -0.1) is 0 Å². The number of carbonyl (C=O) groups is 1. The van der Waals surface area contributed by atoms with Gasteiger partial charge in [-0.05, 0) is 26.0 Å². The van der Waals surface area contributed by atoms with E-state index < -0.39 is 5.91 Å². The first-order chi connectivity index (χ1) is 9.09. The van der Waals surface area contributed by atoms with Gasteiger partial charge in [0.15, 0.2) is 11.4 Å². The fourth-order valence-electron chi connectivity index (χ4n) is 1.73. The Bertz CT molecular complexity index is 582. The first-order valence-electron chi connectivity index (χ1n) is 5.95. The van der Waals surface area contributed by atoms with Crippen LogP contribution in [0.4, 0.5) is 0 Å². The molecule has 2 heterocycles. The number of hydrogen-bond donors (Lipinski definition) is 1. The molecule has 98 valence electrons. The number of ether oxygens (including phenoxy) is 1. The summed E-state index contributed by atoms with van der Waals surface area (Å²) in [5, 5.41) is 0. The van der Waals surface area contributed by atoms with E-state index in [1.54, 1.807) is 18.5 Å². The van der Waals surface area contributed by atoms with Crippen molar-refractivity contribution in [3.8, 4) is 16.9 Å². The fourth-order valence-corrected chi connectivity index (χ4v) is 1.73. The van der Waals surface area contributed by atoms with E-state index in [1.807, 2.05) is 26.0 Å². The molecule has 0 saturated heterocycles. The number of hydrogen-bond acceptors (Lipinski definition) is 4. The van der Waals surface area contributed by atoms with Crippen molar-refractivity contribution in [1.82, 2.24) is 9.97 Å². The smallest absolute Gasteiger partial charge is 0.271 e. The lowest BCUT2D eigenvalue weighted by Crippen LogP contribution is -2.17. The summed E-state index contributed by atoms with van der Waals surface area (Å²) in [5.41, 5.74) is 7.08. The maximum absolute atomic E-state index is 11.5. The van der Waals surface area contributed by atoms with E-state index in [0.29, 0.717) is 5.75 Å². The Balaban J connectivity index is 2.60. The van der Waals surface area contributed by atoms with E-state index in [1.165, 1.54) is 6.20 Å². The molecular weight excluding hydrogens is 242 g/mol. The summed E-state index contributed by atoms with van der Waals surface area (Å²) in [6, 6.07) is 5.49. The molecule has 5 heteroatoms. The lowest BCUT2D eigenvalue weighted by atomic mass is 10.1. The highest BCUT2D eigenvalue weighted by molar-refractivity contribution is 5.96. The van der Waals surface area contributed by atoms with E-state index in [2.05, 4.69) is 9.97 Å². The molecule has 2 rings (SSSR count). The maximum Gasteiger partial charge on any atom is 0.271 e. The number of nitrogens with zero attached hydrogens (tertiary/aromatic N) is 2. The zero-order valence-electron chi connectivity index (χ0n) is 10.8. The second-order valence-corrected chi connectivity index (χ2v) is 4.31. The molecule has 2 aromatic heterocycles. The number of nitrogens with two attached hydrogens (primary N) is 1. The summed E-state index contributed by atoms with van der Waals surface area (Å²) in [4.78, 5) is 19.5. The van der Waals surface area contributed by atoms with Crippen LogP contribution in [0.15, 0.2) is 36.8 Å². The maximum atomic E-state index is 11.5. The molecule has 0 saturated carbocycles. The minimum Gasteiger partial charge on any atom is -0.488 e. The van der Waals surface area contributed by atoms with Gasteiger partial charge in [0.2, 0.25) is 0 Å². The van der Waals surface area contributed by atoms with Gasteiger partial charge in [-0.25, -0.2) is 4.98 Å². The van der Waals surface area contributed by atoms with Gasteiger partial charge >= 0.3 is 0 Å². The van der Waals surface area contributed by atoms with Gasteiger partial charge in [-0.3, -0.25) is 9.78 Å². The van der Waals surface area contributed by atoms with E-state index in [0.717, 1.165) is 11.1 Å². The Kier molecular flexibility index (Phi) is 3.75. The van der Waals surface area contributed by atoms with Gasteiger partial charge in [-0.1, -0.05) is 6.07 Å². The molecule has 2 N–H and O–H groups in total. The van der Waals surface area contributed by atoms with E-state index in [-0.39, 0.29) is 11.8 Å². The van der Waals surface area contributed by atoms with Crippen molar-refractivity contribution in [2.45, 2.75) is 20.0 Å². The third kappa shape index (κ3) is 2.88. The highest BCUT2D eigenvalue weighted by Gasteiger charge is 2.18. The molecule has 2 aromatic rings. The number of rotatable bonds is 4. The second kappa shape index (κ2) is 5.48. The molecule has 0 aromatic carbocycles. The van der Waals surface area contributed by atoms with Crippen LogP contribution >= 0.6 is 0 Å². The molecule has 0 aliphatic carbocycles. The number of aromatic nitrogens is 2. The average molecular weight is 257 g/mol. The van der Waals surface area contributed by atoms with Crippen molar-refractivity contribution in [2.75, 3.05) is 0 Å². The molecule has 5 nitrogen and oxygen atoms in total. The van der Waals surface area contributed by atoms with Crippen LogP contribution in [-0.4, -0.2) is 22.0 Å². The number of carbonyl (C=O) groups excluding carboxylic acids is 1. The van der Waals surface area contributed by atoms with Crippen LogP contribution in [0.3, 0.4) is 0 Å². The van der Waals surface area contributed by atoms with Crippen LogP contribution in [0.25, 0.3) is 11.1 Å². The molecule has 19 heavy (non-hydrogen) atoms. The third-order valence-corrected chi connectivity index (χ3v) is 2.46. The molecule has 0 unspecified atom stereocenters. The third-order valence-electron chi connectivity index (χ3n) is 2.46. The monoisotopic (exact) mass is 257 g/mol. The fraction of sp³-hybridized carbons (Fsp3) is 0.214. The quantitative estimate of drug-likeness (QED) is 0.909. The van der Waals surface area contributed by atoms with Crippen LogP contribution in [0.5, 0.6) is 5.75 Å². The number of primary amides is 1. The molecule has 0 aliphatic heterocycles. The Morgan fingerprint density at radius 1 is 1.32 bits per heavy atom. The van der Waals surface area contributed by atoms with Crippen molar-refractivity contribution in [2.24, 2.45) is 5.73 Å². The predicted octanol–water partition coefficient (Wildman–Crippen LogP) is 2.03. The van der Waals surface area contributed by atoms with Crippen molar-refractivity contribution in [3.63, 3.8) is 0 Å². The normalized spacial score (nSPS) is 10.5. The van der Waals surface area contributed by atoms with Gasteiger partial charge in [0.1, 0.15) is 0 Å². The largest absolute Gasteiger partial charge is 0.488 e. The van der Waals surface area contributed by atoms with Crippen LogP contribution < -0.4 is 10.5 Å². The molecule has 0 fully saturated rings. The molecule has 1 amide bonds. The molecule has 0 atom stereocenters. The minimum absolute atomic E-state index is 0.0854. The summed E-state index contributed by atoms with van der Waals surface area (Å²) in [6.45, 7) is 3.76. The number of amides is 1. The average Bonchev–Trinajstić information content (AvgIpc) is 2.39. The van der Waals surface area contributed by atoms with Crippen LogP contribution in [0.1, 0.15) is 24.3 Å². The Hall–Kier alpha value is -2.43. The van der Waals surface area contributed by atoms with Crippen molar-refractivity contribution < 1.29 is 9.53 Å². The molecule has 0 bridgehead atoms. The summed E-state index contributed by atoms with van der Waals surface area (Å²) < 4.78 is 5.70. The molecular formula is C14H15N3O2. The van der Waals surface area contributed by atoms with Gasteiger partial charge in [-0.2, -0.15) is 0 Å². The SMILES string of the molecule is CC(C)Oc1c(-c2cccnc2)ccnc1C(N)=O. The van der Waals surface area contributed by atoms with Crippen LogP contribution in [0.2, 0.25) is 0 Å². The van der Waals surface area contributed by atoms with Crippen molar-refractivity contribution in [3.05, 3.63) is 42.5 Å². The number of pyridine rings is 2. The van der Waals surface area contributed by atoms with E-state index in [9.17, 15) is 4.79 Å². The Labute approximate surface area is 111 Å². The highest BCUT2D eigenvalue weighted by Crippen LogP contribution is 2.32. The highest BCUT2D eigenvalue weighted by atomic mass is 16.5. The summed E-state index contributed by atoms with van der Waals surface area (Å²) in [6.07, 6.45) is 4.84. The first kappa shape index (κ1) is 13.0. The van der Waals surface area contributed by atoms with Gasteiger partial charge in [0.25, 0.3) is 5.91 Å². The van der Waals surface area contributed by atoms with Crippen LogP contribution in [0, 0.1) is 0 Å². The lowest BCUT2D eigenvalue weighted by Gasteiger charge is -2.16.